The Kier molecular flexibility index (Phi) is 3.47. The summed E-state index contributed by atoms with van der Waals surface area (Å²) in [4.78, 5) is 16.6. The van der Waals surface area contributed by atoms with Gasteiger partial charge in [-0.15, -0.1) is 0 Å². The summed E-state index contributed by atoms with van der Waals surface area (Å²) in [5, 5.41) is 0.489. The van der Waals surface area contributed by atoms with Crippen molar-refractivity contribution in [1.82, 2.24) is 9.55 Å². The first-order valence-electron chi connectivity index (χ1n) is 6.23. The largest absolute Gasteiger partial charge is 0.399 e. The predicted octanol–water partition coefficient (Wildman–Crippen LogP) is 2.93. The number of nitrogen functional groups attached to an aromatic ring is 1. The van der Waals surface area contributed by atoms with E-state index in [9.17, 15) is 9.18 Å². The fourth-order valence-electron chi connectivity index (χ4n) is 2.12. The normalized spacial score (nSPS) is 11.0. The van der Waals surface area contributed by atoms with Crippen LogP contribution < -0.4 is 11.3 Å². The van der Waals surface area contributed by atoms with Crippen LogP contribution in [0.4, 0.5) is 10.1 Å². The Hall–Kier alpha value is -2.21. The summed E-state index contributed by atoms with van der Waals surface area (Å²) in [5.74, 6) is -0.434. The van der Waals surface area contributed by atoms with Crippen molar-refractivity contribution in [2.75, 3.05) is 5.73 Å². The van der Waals surface area contributed by atoms with Crippen LogP contribution in [0.2, 0.25) is 0 Å². The van der Waals surface area contributed by atoms with Crippen molar-refractivity contribution < 1.29 is 4.39 Å². The van der Waals surface area contributed by atoms with E-state index >= 15 is 0 Å². The molecule has 0 fully saturated rings. The van der Waals surface area contributed by atoms with Crippen molar-refractivity contribution >= 4 is 32.5 Å². The molecule has 0 aliphatic carbocycles. The highest BCUT2D eigenvalue weighted by molar-refractivity contribution is 9.10. The topological polar surface area (TPSA) is 60.9 Å². The highest BCUT2D eigenvalue weighted by atomic mass is 79.9. The van der Waals surface area contributed by atoms with Gasteiger partial charge in [-0.3, -0.25) is 9.36 Å². The Morgan fingerprint density at radius 1 is 1.24 bits per heavy atom. The molecule has 2 aromatic carbocycles. The maximum Gasteiger partial charge on any atom is 0.261 e. The number of anilines is 1. The van der Waals surface area contributed by atoms with Gasteiger partial charge in [-0.05, 0) is 30.3 Å². The Morgan fingerprint density at radius 3 is 2.81 bits per heavy atom. The first-order valence-corrected chi connectivity index (χ1v) is 7.02. The lowest BCUT2D eigenvalue weighted by Gasteiger charge is -2.08. The molecule has 0 amide bonds. The van der Waals surface area contributed by atoms with Crippen molar-refractivity contribution in [3.8, 4) is 0 Å². The number of fused-ring (bicyclic) bond motifs is 1. The summed E-state index contributed by atoms with van der Waals surface area (Å²) in [7, 11) is 0. The molecule has 106 valence electrons. The highest BCUT2D eigenvalue weighted by Gasteiger charge is 2.08. The molecule has 1 heterocycles. The second-order valence-corrected chi connectivity index (χ2v) is 5.61. The monoisotopic (exact) mass is 347 g/mol. The number of rotatable bonds is 2. The third kappa shape index (κ3) is 2.67. The van der Waals surface area contributed by atoms with E-state index in [1.807, 2.05) is 6.07 Å². The molecule has 6 heteroatoms. The van der Waals surface area contributed by atoms with Gasteiger partial charge in [0.2, 0.25) is 0 Å². The van der Waals surface area contributed by atoms with Crippen LogP contribution in [0.3, 0.4) is 0 Å². The lowest BCUT2D eigenvalue weighted by molar-refractivity contribution is 0.596. The van der Waals surface area contributed by atoms with Gasteiger partial charge >= 0.3 is 0 Å². The Bertz CT molecular complexity index is 892. The molecular weight excluding hydrogens is 337 g/mol. The third-order valence-corrected chi connectivity index (χ3v) is 3.70. The van der Waals surface area contributed by atoms with Gasteiger partial charge < -0.3 is 5.73 Å². The van der Waals surface area contributed by atoms with Gasteiger partial charge in [0, 0.05) is 15.7 Å². The molecule has 2 N–H and O–H groups in total. The molecule has 1 aromatic heterocycles. The highest BCUT2D eigenvalue weighted by Crippen LogP contribution is 2.16. The van der Waals surface area contributed by atoms with Crippen molar-refractivity contribution in [3.05, 3.63) is 68.9 Å². The van der Waals surface area contributed by atoms with Crippen LogP contribution in [0.1, 0.15) is 5.56 Å². The molecule has 0 aliphatic heterocycles. The van der Waals surface area contributed by atoms with Crippen LogP contribution in [0, 0.1) is 5.82 Å². The van der Waals surface area contributed by atoms with E-state index in [0.717, 1.165) is 4.47 Å². The maximum absolute atomic E-state index is 13.8. The van der Waals surface area contributed by atoms with E-state index in [0.29, 0.717) is 22.2 Å². The minimum Gasteiger partial charge on any atom is -0.399 e. The number of benzene rings is 2. The quantitative estimate of drug-likeness (QED) is 0.725. The molecule has 0 aliphatic rings. The van der Waals surface area contributed by atoms with E-state index in [1.54, 1.807) is 24.3 Å². The van der Waals surface area contributed by atoms with Crippen LogP contribution >= 0.6 is 15.9 Å². The average Bonchev–Trinajstić information content (AvgIpc) is 2.45. The number of halogens is 2. The minimum atomic E-state index is -0.434. The molecule has 0 atom stereocenters. The molecule has 0 saturated heterocycles. The molecule has 21 heavy (non-hydrogen) atoms. The molecule has 0 unspecified atom stereocenters. The standard InChI is InChI=1S/C15H11BrFN3O/c16-10-2-4-14-12(5-10)15(21)20(8-19-14)7-9-1-3-11(18)6-13(9)17/h1-6,8H,7,18H2. The molecule has 0 radical (unpaired) electrons. The van der Waals surface area contributed by atoms with Crippen LogP contribution in [0.5, 0.6) is 0 Å². The Morgan fingerprint density at radius 2 is 2.05 bits per heavy atom. The minimum absolute atomic E-state index is 0.112. The van der Waals surface area contributed by atoms with Crippen molar-refractivity contribution in [3.63, 3.8) is 0 Å². The van der Waals surface area contributed by atoms with E-state index in [4.69, 9.17) is 5.73 Å². The molecule has 0 spiro atoms. The van der Waals surface area contributed by atoms with Crippen molar-refractivity contribution in [1.29, 1.82) is 0 Å². The van der Waals surface area contributed by atoms with Gasteiger partial charge in [-0.1, -0.05) is 22.0 Å². The number of hydrogen-bond donors (Lipinski definition) is 1. The van der Waals surface area contributed by atoms with Gasteiger partial charge in [0.05, 0.1) is 23.8 Å². The fourth-order valence-corrected chi connectivity index (χ4v) is 2.48. The Labute approximate surface area is 128 Å². The summed E-state index contributed by atoms with van der Waals surface area (Å²) < 4.78 is 16.0. The van der Waals surface area contributed by atoms with Crippen molar-refractivity contribution in [2.45, 2.75) is 6.54 Å². The number of aromatic nitrogens is 2. The third-order valence-electron chi connectivity index (χ3n) is 3.20. The van der Waals surface area contributed by atoms with Crippen LogP contribution in [0.15, 0.2) is 52.0 Å². The molecule has 0 bridgehead atoms. The van der Waals surface area contributed by atoms with Gasteiger partial charge in [0.25, 0.3) is 5.56 Å². The fraction of sp³-hybridized carbons (Fsp3) is 0.0667. The first kappa shape index (κ1) is 13.8. The van der Waals surface area contributed by atoms with E-state index in [1.165, 1.54) is 17.0 Å². The second-order valence-electron chi connectivity index (χ2n) is 4.69. The van der Waals surface area contributed by atoms with E-state index in [-0.39, 0.29) is 12.1 Å². The molecule has 0 saturated carbocycles. The van der Waals surface area contributed by atoms with Gasteiger partial charge in [-0.25, -0.2) is 9.37 Å². The molecular formula is C15H11BrFN3O. The van der Waals surface area contributed by atoms with E-state index in [2.05, 4.69) is 20.9 Å². The summed E-state index contributed by atoms with van der Waals surface area (Å²) in [6, 6.07) is 9.70. The molecule has 3 rings (SSSR count). The summed E-state index contributed by atoms with van der Waals surface area (Å²) in [5.41, 5.74) is 6.66. The van der Waals surface area contributed by atoms with Crippen LogP contribution in [-0.4, -0.2) is 9.55 Å². The summed E-state index contributed by atoms with van der Waals surface area (Å²) in [6.45, 7) is 0.112. The van der Waals surface area contributed by atoms with Gasteiger partial charge in [-0.2, -0.15) is 0 Å². The maximum atomic E-state index is 13.8. The molecule has 3 aromatic rings. The summed E-state index contributed by atoms with van der Waals surface area (Å²) in [6.07, 6.45) is 1.42. The van der Waals surface area contributed by atoms with Gasteiger partial charge in [0.1, 0.15) is 5.82 Å². The Balaban J connectivity index is 2.09. The van der Waals surface area contributed by atoms with Crippen molar-refractivity contribution in [2.24, 2.45) is 0 Å². The first-order chi connectivity index (χ1) is 10.0. The van der Waals surface area contributed by atoms with Crippen LogP contribution in [-0.2, 0) is 6.54 Å². The lowest BCUT2D eigenvalue weighted by Crippen LogP contribution is -2.21. The van der Waals surface area contributed by atoms with E-state index < -0.39 is 5.82 Å². The SMILES string of the molecule is Nc1ccc(Cn2cnc3ccc(Br)cc3c2=O)c(F)c1. The number of nitrogens with two attached hydrogens (primary N) is 1. The number of nitrogens with zero attached hydrogens (tertiary/aromatic N) is 2. The zero-order valence-corrected chi connectivity index (χ0v) is 12.5. The van der Waals surface area contributed by atoms with Crippen LogP contribution in [0.25, 0.3) is 10.9 Å². The smallest absolute Gasteiger partial charge is 0.261 e. The zero-order chi connectivity index (χ0) is 15.0. The average molecular weight is 348 g/mol. The second kappa shape index (κ2) is 5.29. The predicted molar refractivity (Wildman–Crippen MR) is 83.6 cm³/mol. The lowest BCUT2D eigenvalue weighted by atomic mass is 10.2. The summed E-state index contributed by atoms with van der Waals surface area (Å²) >= 11 is 3.33. The zero-order valence-electron chi connectivity index (χ0n) is 10.9. The molecule has 4 nitrogen and oxygen atoms in total. The number of hydrogen-bond acceptors (Lipinski definition) is 3. The van der Waals surface area contributed by atoms with Gasteiger partial charge in [0.15, 0.2) is 0 Å².